The molecule has 0 bridgehead atoms. The van der Waals surface area contributed by atoms with Gasteiger partial charge in [0.05, 0.1) is 10.9 Å². The number of rotatable bonds is 8. The lowest BCUT2D eigenvalue weighted by Crippen LogP contribution is -2.47. The van der Waals surface area contributed by atoms with Crippen LogP contribution in [-0.4, -0.2) is 71.6 Å². The molecular weight excluding hydrogens is 396 g/mol. The first-order valence-electron chi connectivity index (χ1n) is 9.67. The van der Waals surface area contributed by atoms with Crippen molar-refractivity contribution in [3.8, 4) is 0 Å². The van der Waals surface area contributed by atoms with Crippen molar-refractivity contribution < 1.29 is 4.79 Å². The van der Waals surface area contributed by atoms with Crippen LogP contribution in [0, 0.1) is 0 Å². The van der Waals surface area contributed by atoms with E-state index in [2.05, 4.69) is 25.1 Å². The van der Waals surface area contributed by atoms with Crippen molar-refractivity contribution in [2.45, 2.75) is 19.9 Å². The van der Waals surface area contributed by atoms with Gasteiger partial charge in [0, 0.05) is 56.5 Å². The Hall–Kier alpha value is -1.90. The Morgan fingerprint density at radius 2 is 2.00 bits per heavy atom. The molecule has 1 fully saturated rings. The molecule has 0 aliphatic carbocycles. The molecular formula is C19H27ClN6OS. The highest BCUT2D eigenvalue weighted by Crippen LogP contribution is 2.22. The van der Waals surface area contributed by atoms with Crippen LogP contribution in [0.1, 0.15) is 18.2 Å². The van der Waals surface area contributed by atoms with Crippen molar-refractivity contribution >= 4 is 34.9 Å². The van der Waals surface area contributed by atoms with Crippen LogP contribution < -0.4 is 10.2 Å². The van der Waals surface area contributed by atoms with Gasteiger partial charge in [-0.25, -0.2) is 14.8 Å². The Kier molecular flexibility index (Phi) is 7.88. The quantitative estimate of drug-likeness (QED) is 0.662. The molecule has 0 spiro atoms. The summed E-state index contributed by atoms with van der Waals surface area (Å²) in [6.07, 6.45) is 4.50. The van der Waals surface area contributed by atoms with E-state index in [9.17, 15) is 4.79 Å². The Labute approximate surface area is 175 Å². The number of aromatic nitrogens is 2. The zero-order valence-electron chi connectivity index (χ0n) is 16.2. The Bertz CT molecular complexity index is 735. The number of piperazine rings is 1. The van der Waals surface area contributed by atoms with Gasteiger partial charge in [0.2, 0.25) is 5.95 Å². The van der Waals surface area contributed by atoms with Crippen LogP contribution in [0.5, 0.6) is 0 Å². The SMILES string of the molecule is CCN(Cc1ccc(Cl)s1)C(=O)NCCCN1CCN(c2ncccn2)CC1. The molecule has 1 saturated heterocycles. The largest absolute Gasteiger partial charge is 0.338 e. The molecule has 28 heavy (non-hydrogen) atoms. The Morgan fingerprint density at radius 3 is 2.64 bits per heavy atom. The maximum absolute atomic E-state index is 12.4. The summed E-state index contributed by atoms with van der Waals surface area (Å²) in [5.74, 6) is 0.807. The molecule has 3 rings (SSSR count). The van der Waals surface area contributed by atoms with Crippen LogP contribution in [0.2, 0.25) is 4.34 Å². The molecule has 0 radical (unpaired) electrons. The first-order chi connectivity index (χ1) is 13.7. The molecule has 2 aromatic rings. The first-order valence-corrected chi connectivity index (χ1v) is 10.9. The fraction of sp³-hybridized carbons (Fsp3) is 0.526. The van der Waals surface area contributed by atoms with E-state index < -0.39 is 0 Å². The van der Waals surface area contributed by atoms with Gasteiger partial charge in [-0.1, -0.05) is 11.6 Å². The van der Waals surface area contributed by atoms with E-state index in [0.29, 0.717) is 19.6 Å². The van der Waals surface area contributed by atoms with Gasteiger partial charge in [-0.05, 0) is 38.1 Å². The van der Waals surface area contributed by atoms with E-state index in [0.717, 1.165) is 54.3 Å². The number of anilines is 1. The van der Waals surface area contributed by atoms with Crippen LogP contribution in [0.25, 0.3) is 0 Å². The van der Waals surface area contributed by atoms with Crippen molar-refractivity contribution in [1.82, 2.24) is 25.1 Å². The fourth-order valence-electron chi connectivity index (χ4n) is 3.19. The van der Waals surface area contributed by atoms with Gasteiger partial charge in [-0.3, -0.25) is 4.90 Å². The topological polar surface area (TPSA) is 64.6 Å². The summed E-state index contributed by atoms with van der Waals surface area (Å²) in [5.41, 5.74) is 0. The summed E-state index contributed by atoms with van der Waals surface area (Å²) in [6.45, 7) is 8.78. The summed E-state index contributed by atoms with van der Waals surface area (Å²) in [5, 5.41) is 3.04. The number of carbonyl (C=O) groups is 1. The monoisotopic (exact) mass is 422 g/mol. The molecule has 3 heterocycles. The van der Waals surface area contributed by atoms with Crippen LogP contribution in [0.4, 0.5) is 10.7 Å². The summed E-state index contributed by atoms with van der Waals surface area (Å²) in [6, 6.07) is 5.67. The van der Waals surface area contributed by atoms with Crippen LogP contribution in [0.3, 0.4) is 0 Å². The molecule has 1 N–H and O–H groups in total. The van der Waals surface area contributed by atoms with Gasteiger partial charge in [-0.15, -0.1) is 11.3 Å². The molecule has 2 amide bonds. The van der Waals surface area contributed by atoms with Gasteiger partial charge >= 0.3 is 6.03 Å². The molecule has 0 unspecified atom stereocenters. The predicted molar refractivity (Wildman–Crippen MR) is 114 cm³/mol. The minimum Gasteiger partial charge on any atom is -0.338 e. The molecule has 7 nitrogen and oxygen atoms in total. The average Bonchev–Trinajstić information content (AvgIpc) is 3.15. The number of amides is 2. The van der Waals surface area contributed by atoms with Gasteiger partial charge in [0.1, 0.15) is 0 Å². The lowest BCUT2D eigenvalue weighted by Gasteiger charge is -2.34. The van der Waals surface area contributed by atoms with Crippen molar-refractivity contribution in [2.24, 2.45) is 0 Å². The van der Waals surface area contributed by atoms with E-state index in [-0.39, 0.29) is 6.03 Å². The lowest BCUT2D eigenvalue weighted by molar-refractivity contribution is 0.197. The number of urea groups is 1. The number of nitrogens with one attached hydrogen (secondary N) is 1. The highest BCUT2D eigenvalue weighted by Gasteiger charge is 2.18. The van der Waals surface area contributed by atoms with Crippen molar-refractivity contribution in [2.75, 3.05) is 50.7 Å². The average molecular weight is 423 g/mol. The predicted octanol–water partition coefficient (Wildman–Crippen LogP) is 2.94. The van der Waals surface area contributed by atoms with Crippen LogP contribution in [-0.2, 0) is 6.54 Å². The molecule has 0 aromatic carbocycles. The standard InChI is InChI=1S/C19H27ClN6OS/c1-2-25(15-16-5-6-17(20)28-16)19(27)23-9-4-10-24-11-13-26(14-12-24)18-21-7-3-8-22-18/h3,5-8H,2,4,9-15H2,1H3,(H,23,27). The highest BCUT2D eigenvalue weighted by molar-refractivity contribution is 7.16. The molecule has 152 valence electrons. The third kappa shape index (κ3) is 6.05. The maximum atomic E-state index is 12.4. The Morgan fingerprint density at radius 1 is 1.25 bits per heavy atom. The molecule has 9 heteroatoms. The second-order valence-corrected chi connectivity index (χ2v) is 8.48. The number of carbonyl (C=O) groups excluding carboxylic acids is 1. The summed E-state index contributed by atoms with van der Waals surface area (Å²) < 4.78 is 0.755. The maximum Gasteiger partial charge on any atom is 0.317 e. The van der Waals surface area contributed by atoms with E-state index >= 15 is 0 Å². The van der Waals surface area contributed by atoms with Gasteiger partial charge in [-0.2, -0.15) is 0 Å². The van der Waals surface area contributed by atoms with E-state index in [1.807, 2.05) is 25.1 Å². The molecule has 1 aliphatic heterocycles. The van der Waals surface area contributed by atoms with E-state index in [1.165, 1.54) is 11.3 Å². The molecule has 2 aromatic heterocycles. The summed E-state index contributed by atoms with van der Waals surface area (Å²) in [4.78, 5) is 28.6. The second-order valence-electron chi connectivity index (χ2n) is 6.68. The van der Waals surface area contributed by atoms with Crippen molar-refractivity contribution in [3.05, 3.63) is 39.8 Å². The third-order valence-corrected chi connectivity index (χ3v) is 6.00. The number of hydrogen-bond donors (Lipinski definition) is 1. The van der Waals surface area contributed by atoms with E-state index in [1.54, 1.807) is 17.3 Å². The molecule has 0 saturated carbocycles. The minimum absolute atomic E-state index is 0.0157. The molecule has 0 atom stereocenters. The van der Waals surface area contributed by atoms with Crippen molar-refractivity contribution in [3.63, 3.8) is 0 Å². The summed E-state index contributed by atoms with van der Waals surface area (Å²) >= 11 is 7.49. The van der Waals surface area contributed by atoms with Gasteiger partial charge in [0.15, 0.2) is 0 Å². The number of hydrogen-bond acceptors (Lipinski definition) is 6. The number of nitrogens with zero attached hydrogens (tertiary/aromatic N) is 5. The Balaban J connectivity index is 1.32. The highest BCUT2D eigenvalue weighted by atomic mass is 35.5. The van der Waals surface area contributed by atoms with Crippen LogP contribution in [0.15, 0.2) is 30.6 Å². The zero-order chi connectivity index (χ0) is 19.8. The normalized spacial score (nSPS) is 14.9. The zero-order valence-corrected chi connectivity index (χ0v) is 17.8. The first kappa shape index (κ1) is 20.8. The van der Waals surface area contributed by atoms with Gasteiger partial charge in [0.25, 0.3) is 0 Å². The number of thiophene rings is 1. The molecule has 1 aliphatic rings. The van der Waals surface area contributed by atoms with Crippen molar-refractivity contribution in [1.29, 1.82) is 0 Å². The van der Waals surface area contributed by atoms with Crippen LogP contribution >= 0.6 is 22.9 Å². The third-order valence-electron chi connectivity index (χ3n) is 4.78. The van der Waals surface area contributed by atoms with E-state index in [4.69, 9.17) is 11.6 Å². The van der Waals surface area contributed by atoms with Gasteiger partial charge < -0.3 is 15.1 Å². The smallest absolute Gasteiger partial charge is 0.317 e. The summed E-state index contributed by atoms with van der Waals surface area (Å²) in [7, 11) is 0. The second kappa shape index (κ2) is 10.6. The minimum atomic E-state index is -0.0157. The lowest BCUT2D eigenvalue weighted by atomic mass is 10.3. The fourth-order valence-corrected chi connectivity index (χ4v) is 4.29. The number of halogens is 1.